The Bertz CT molecular complexity index is 385. The van der Waals surface area contributed by atoms with Crippen LogP contribution >= 0.6 is 30.8 Å². The third-order valence-electron chi connectivity index (χ3n) is 2.06. The van der Waals surface area contributed by atoms with Crippen molar-refractivity contribution >= 4 is 30.8 Å². The Hall–Kier alpha value is -0.0500. The van der Waals surface area contributed by atoms with Gasteiger partial charge in [0.15, 0.2) is 0 Å². The van der Waals surface area contributed by atoms with Crippen LogP contribution in [0.2, 0.25) is 0 Å². The summed E-state index contributed by atoms with van der Waals surface area (Å²) in [6, 6.07) is 8.71. The monoisotopic (exact) mass is 296 g/mol. The number of alkyl halides is 2. The normalized spacial score (nSPS) is 12.7. The Morgan fingerprint density at radius 2 is 1.59 bits per heavy atom. The van der Waals surface area contributed by atoms with E-state index in [9.17, 15) is 4.57 Å². The number of halogens is 2. The molecule has 0 unspecified atom stereocenters. The van der Waals surface area contributed by atoms with Gasteiger partial charge in [-0.3, -0.25) is 4.57 Å². The first-order chi connectivity index (χ1) is 7.98. The summed E-state index contributed by atoms with van der Waals surface area (Å²) >= 11 is 12.4. The van der Waals surface area contributed by atoms with E-state index in [1.165, 1.54) is 0 Å². The van der Waals surface area contributed by atoms with Crippen molar-refractivity contribution in [1.29, 1.82) is 0 Å². The van der Waals surface area contributed by atoms with E-state index in [1.54, 1.807) is 38.1 Å². The summed E-state index contributed by atoms with van der Waals surface area (Å²) < 4.78 is 21.1. The summed E-state index contributed by atoms with van der Waals surface area (Å²) in [5.41, 5.74) is 0.494. The van der Waals surface area contributed by atoms with E-state index in [0.717, 1.165) is 0 Å². The molecule has 1 aromatic carbocycles. The molecule has 96 valence electrons. The molecular formula is C11H15Cl2O3P. The van der Waals surface area contributed by atoms with Gasteiger partial charge in [-0.1, -0.05) is 53.5 Å². The van der Waals surface area contributed by atoms with Crippen molar-refractivity contribution in [2.45, 2.75) is 17.9 Å². The number of benzene rings is 1. The zero-order valence-corrected chi connectivity index (χ0v) is 12.1. The molecule has 0 amide bonds. The van der Waals surface area contributed by atoms with E-state index in [4.69, 9.17) is 32.2 Å². The van der Waals surface area contributed by atoms with Gasteiger partial charge in [0.05, 0.1) is 13.2 Å². The molecule has 0 spiro atoms. The zero-order chi connectivity index (χ0) is 12.9. The highest BCUT2D eigenvalue weighted by atomic mass is 35.5. The van der Waals surface area contributed by atoms with Crippen molar-refractivity contribution in [1.82, 2.24) is 0 Å². The number of rotatable bonds is 6. The van der Waals surface area contributed by atoms with Gasteiger partial charge in [-0.2, -0.15) is 0 Å². The lowest BCUT2D eigenvalue weighted by Crippen LogP contribution is -2.15. The van der Waals surface area contributed by atoms with Crippen LogP contribution in [0.5, 0.6) is 0 Å². The van der Waals surface area contributed by atoms with Crippen LogP contribution in [0, 0.1) is 0 Å². The van der Waals surface area contributed by atoms with Gasteiger partial charge in [0.2, 0.25) is 4.07 Å². The molecule has 1 aromatic rings. The lowest BCUT2D eigenvalue weighted by molar-refractivity contribution is 0.215. The molecule has 0 heterocycles. The van der Waals surface area contributed by atoms with Crippen LogP contribution in [0.1, 0.15) is 19.4 Å². The lowest BCUT2D eigenvalue weighted by Gasteiger charge is -2.28. The summed E-state index contributed by atoms with van der Waals surface area (Å²) in [6.45, 7) is 3.84. The highest BCUT2D eigenvalue weighted by molar-refractivity contribution is 7.59. The lowest BCUT2D eigenvalue weighted by atomic mass is 10.2. The Morgan fingerprint density at radius 1 is 1.12 bits per heavy atom. The van der Waals surface area contributed by atoms with Gasteiger partial charge in [0.1, 0.15) is 0 Å². The Labute approximate surface area is 112 Å². The molecule has 0 aromatic heterocycles. The topological polar surface area (TPSA) is 35.5 Å². The maximum atomic E-state index is 12.5. The molecule has 0 fully saturated rings. The van der Waals surface area contributed by atoms with E-state index >= 15 is 0 Å². The van der Waals surface area contributed by atoms with Crippen LogP contribution in [0.3, 0.4) is 0 Å². The van der Waals surface area contributed by atoms with Gasteiger partial charge >= 0.3 is 7.60 Å². The minimum atomic E-state index is -3.61. The standard InChI is InChI=1S/C11H15Cl2O3P/c1-3-15-17(14,16-4-2)11(12,13)10-8-6-5-7-9-10/h5-9H,3-4H2,1-2H3. The van der Waals surface area contributed by atoms with Crippen LogP contribution in [-0.2, 0) is 17.7 Å². The molecule has 0 aliphatic carbocycles. The fourth-order valence-corrected chi connectivity index (χ4v) is 3.72. The van der Waals surface area contributed by atoms with E-state index in [2.05, 4.69) is 0 Å². The molecule has 1 rings (SSSR count). The van der Waals surface area contributed by atoms with Crippen LogP contribution in [0.25, 0.3) is 0 Å². The van der Waals surface area contributed by atoms with Gasteiger partial charge in [-0.25, -0.2) is 0 Å². The van der Waals surface area contributed by atoms with Crippen LogP contribution < -0.4 is 0 Å². The highest BCUT2D eigenvalue weighted by Gasteiger charge is 2.49. The SMILES string of the molecule is CCOP(=O)(OCC)C(Cl)(Cl)c1ccccc1. The van der Waals surface area contributed by atoms with Crippen LogP contribution in [0.4, 0.5) is 0 Å². The average molecular weight is 297 g/mol. The van der Waals surface area contributed by atoms with Crippen molar-refractivity contribution in [3.8, 4) is 0 Å². The second kappa shape index (κ2) is 6.21. The maximum Gasteiger partial charge on any atom is 0.370 e. The van der Waals surface area contributed by atoms with E-state index in [1.807, 2.05) is 6.07 Å². The Kier molecular flexibility index (Phi) is 5.49. The number of hydrogen-bond acceptors (Lipinski definition) is 3. The Balaban J connectivity index is 3.13. The minimum Gasteiger partial charge on any atom is -0.307 e. The third-order valence-corrected chi connectivity index (χ3v) is 5.88. The van der Waals surface area contributed by atoms with Crippen molar-refractivity contribution < 1.29 is 13.6 Å². The fraction of sp³-hybridized carbons (Fsp3) is 0.455. The summed E-state index contributed by atoms with van der Waals surface area (Å²) in [7, 11) is -3.61. The first-order valence-electron chi connectivity index (χ1n) is 5.30. The molecule has 3 nitrogen and oxygen atoms in total. The molecule has 0 bridgehead atoms. The van der Waals surface area contributed by atoms with Gasteiger partial charge in [0.25, 0.3) is 0 Å². The summed E-state index contributed by atoms with van der Waals surface area (Å²) in [5.74, 6) is 0. The van der Waals surface area contributed by atoms with Crippen molar-refractivity contribution in [3.63, 3.8) is 0 Å². The number of hydrogen-bond donors (Lipinski definition) is 0. The van der Waals surface area contributed by atoms with Gasteiger partial charge in [-0.15, -0.1) is 0 Å². The average Bonchev–Trinajstić information content (AvgIpc) is 2.30. The van der Waals surface area contributed by atoms with Crippen molar-refractivity contribution in [2.75, 3.05) is 13.2 Å². The summed E-state index contributed by atoms with van der Waals surface area (Å²) in [5, 5.41) is 0. The quantitative estimate of drug-likeness (QED) is 0.571. The van der Waals surface area contributed by atoms with Crippen LogP contribution in [-0.4, -0.2) is 13.2 Å². The molecule has 0 aliphatic heterocycles. The molecule has 0 N–H and O–H groups in total. The molecule has 0 saturated heterocycles. The molecule has 0 radical (unpaired) electrons. The predicted octanol–water partition coefficient (Wildman–Crippen LogP) is 4.54. The maximum absolute atomic E-state index is 12.5. The molecular weight excluding hydrogens is 282 g/mol. The molecule has 0 atom stereocenters. The Morgan fingerprint density at radius 3 is 2.00 bits per heavy atom. The van der Waals surface area contributed by atoms with E-state index in [0.29, 0.717) is 5.56 Å². The smallest absolute Gasteiger partial charge is 0.307 e. The summed E-state index contributed by atoms with van der Waals surface area (Å²) in [6.07, 6.45) is 0. The highest BCUT2D eigenvalue weighted by Crippen LogP contribution is 2.69. The first kappa shape index (κ1) is 15.0. The second-order valence-corrected chi connectivity index (χ2v) is 7.28. The second-order valence-electron chi connectivity index (χ2n) is 3.24. The van der Waals surface area contributed by atoms with Crippen molar-refractivity contribution in [2.24, 2.45) is 0 Å². The van der Waals surface area contributed by atoms with Gasteiger partial charge in [0, 0.05) is 5.56 Å². The van der Waals surface area contributed by atoms with Gasteiger partial charge in [-0.05, 0) is 13.8 Å². The first-order valence-corrected chi connectivity index (χ1v) is 7.60. The minimum absolute atomic E-state index is 0.214. The molecule has 0 aliphatic rings. The fourth-order valence-electron chi connectivity index (χ4n) is 1.34. The zero-order valence-electron chi connectivity index (χ0n) is 9.73. The van der Waals surface area contributed by atoms with Crippen LogP contribution in [0.15, 0.2) is 30.3 Å². The van der Waals surface area contributed by atoms with E-state index in [-0.39, 0.29) is 13.2 Å². The predicted molar refractivity (Wildman–Crippen MR) is 70.7 cm³/mol. The summed E-state index contributed by atoms with van der Waals surface area (Å²) in [4.78, 5) is 0. The molecule has 0 saturated carbocycles. The van der Waals surface area contributed by atoms with Crippen molar-refractivity contribution in [3.05, 3.63) is 35.9 Å². The van der Waals surface area contributed by atoms with E-state index < -0.39 is 11.7 Å². The molecule has 6 heteroatoms. The molecule has 17 heavy (non-hydrogen) atoms. The third kappa shape index (κ3) is 3.24. The van der Waals surface area contributed by atoms with Gasteiger partial charge < -0.3 is 9.05 Å². The largest absolute Gasteiger partial charge is 0.370 e.